The molecule has 3 N–H and O–H groups in total. The third kappa shape index (κ3) is 4.79. The van der Waals surface area contributed by atoms with Crippen LogP contribution in [0.4, 0.5) is 0 Å². The standard InChI is InChI=1S/C29H34O9S.Na.H/c1-27-14-22(32)26-20(21(27)10-11-29(27,35)24(34)15-30)9-8-18-12-19(31)13-25(28(18,26)2)38-39(36,37)16-23(33)17-6-4-3-5-7-17;;/h3-7,12-13,20-22,26,30,32,35H,8-11,14-16H2,1-2H3;;/q;+1;-1/t20-,21-,22-,26+,27-,28+,29-;;/m0../s1. The Labute approximate surface area is 257 Å². The van der Waals surface area contributed by atoms with Gasteiger partial charge in [-0.2, -0.15) is 8.42 Å². The Kier molecular flexibility index (Phi) is 8.50. The van der Waals surface area contributed by atoms with E-state index in [1.54, 1.807) is 32.0 Å². The van der Waals surface area contributed by atoms with Crippen LogP contribution in [0.1, 0.15) is 57.7 Å². The summed E-state index contributed by atoms with van der Waals surface area (Å²) >= 11 is 0. The van der Waals surface area contributed by atoms with Gasteiger partial charge in [-0.15, -0.1) is 0 Å². The topological polar surface area (TPSA) is 155 Å². The molecule has 0 unspecified atom stereocenters. The summed E-state index contributed by atoms with van der Waals surface area (Å²) in [6.45, 7) is 2.74. The first kappa shape index (κ1) is 31.3. The van der Waals surface area contributed by atoms with Crippen molar-refractivity contribution in [1.82, 2.24) is 0 Å². The Morgan fingerprint density at radius 2 is 1.80 bits per heavy atom. The van der Waals surface area contributed by atoms with Gasteiger partial charge in [-0.3, -0.25) is 14.4 Å². The van der Waals surface area contributed by atoms with Gasteiger partial charge in [0, 0.05) is 23.0 Å². The Balaban J connectivity index is 0.00000231. The molecule has 5 rings (SSSR count). The van der Waals surface area contributed by atoms with Crippen molar-refractivity contribution in [3.8, 4) is 0 Å². The predicted octanol–water partition coefficient (Wildman–Crippen LogP) is -0.769. The maximum atomic E-state index is 13.1. The first-order valence-corrected chi connectivity index (χ1v) is 14.9. The van der Waals surface area contributed by atoms with Gasteiger partial charge in [0.15, 0.2) is 17.3 Å². The van der Waals surface area contributed by atoms with Gasteiger partial charge in [0.2, 0.25) is 0 Å². The number of carbonyl (C=O) groups is 3. The number of ketones is 3. The van der Waals surface area contributed by atoms with Gasteiger partial charge in [-0.25, -0.2) is 0 Å². The number of hydrogen-bond acceptors (Lipinski definition) is 9. The van der Waals surface area contributed by atoms with Gasteiger partial charge in [-0.1, -0.05) is 42.8 Å². The van der Waals surface area contributed by atoms with Crippen molar-refractivity contribution in [1.29, 1.82) is 0 Å². The zero-order valence-corrected chi connectivity index (χ0v) is 25.8. The minimum atomic E-state index is -4.45. The Hall–Kier alpha value is -1.66. The third-order valence-electron chi connectivity index (χ3n) is 10.0. The SMILES string of the molecule is C[C@@]12C(=CC(=O)C=C1OS(=O)(=O)CC(=O)c1ccccc1)CC[C@@H]1[C@@H]2[C@@H](O)C[C@@]2(C)[C@H]1CC[C@]2(O)C(=O)CO.[H-].[Na+]. The Morgan fingerprint density at radius 1 is 1.12 bits per heavy atom. The molecule has 212 valence electrons. The molecule has 3 fully saturated rings. The molecule has 0 spiro atoms. The molecule has 0 aromatic heterocycles. The number of aliphatic hydroxyl groups excluding tert-OH is 2. The molecule has 3 saturated carbocycles. The van der Waals surface area contributed by atoms with Crippen LogP contribution in [0.15, 0.2) is 53.8 Å². The van der Waals surface area contributed by atoms with E-state index in [1.807, 2.05) is 0 Å². The molecule has 11 heteroatoms. The zero-order valence-electron chi connectivity index (χ0n) is 24.0. The van der Waals surface area contributed by atoms with Crippen LogP contribution in [-0.4, -0.2) is 65.2 Å². The van der Waals surface area contributed by atoms with E-state index >= 15 is 0 Å². The van der Waals surface area contributed by atoms with Crippen LogP contribution in [0, 0.1) is 28.6 Å². The molecule has 0 amide bonds. The number of fused-ring (bicyclic) bond motifs is 5. The molecule has 0 aliphatic heterocycles. The second-order valence-corrected chi connectivity index (χ2v) is 13.4. The fourth-order valence-corrected chi connectivity index (χ4v) is 9.18. The maximum absolute atomic E-state index is 13.1. The van der Waals surface area contributed by atoms with Crippen molar-refractivity contribution >= 4 is 27.5 Å². The molecular formula is C29H35NaO9S. The summed E-state index contributed by atoms with van der Waals surface area (Å²) in [7, 11) is -4.45. The number of rotatable bonds is 7. The molecule has 1 aromatic carbocycles. The summed E-state index contributed by atoms with van der Waals surface area (Å²) in [5.41, 5.74) is -3.03. The quantitative estimate of drug-likeness (QED) is 0.214. The maximum Gasteiger partial charge on any atom is 1.00 e. The van der Waals surface area contributed by atoms with Crippen molar-refractivity contribution in [2.45, 2.75) is 57.7 Å². The van der Waals surface area contributed by atoms with Crippen molar-refractivity contribution in [2.24, 2.45) is 28.6 Å². The van der Waals surface area contributed by atoms with E-state index in [-0.39, 0.29) is 67.0 Å². The fourth-order valence-electron chi connectivity index (χ4n) is 8.14. The first-order chi connectivity index (χ1) is 18.3. The predicted molar refractivity (Wildman–Crippen MR) is 141 cm³/mol. The molecule has 0 radical (unpaired) electrons. The van der Waals surface area contributed by atoms with Gasteiger partial charge < -0.3 is 20.9 Å². The Bertz CT molecular complexity index is 1390. The molecule has 0 heterocycles. The van der Waals surface area contributed by atoms with Crippen LogP contribution in [-0.2, 0) is 23.9 Å². The van der Waals surface area contributed by atoms with E-state index in [1.165, 1.54) is 18.2 Å². The molecule has 0 bridgehead atoms. The average Bonchev–Trinajstić information content (AvgIpc) is 3.15. The average molecular weight is 583 g/mol. The minimum absolute atomic E-state index is 0. The molecule has 4 aliphatic rings. The normalized spacial score (nSPS) is 36.7. The first-order valence-electron chi connectivity index (χ1n) is 13.3. The summed E-state index contributed by atoms with van der Waals surface area (Å²) in [6, 6.07) is 7.98. The number of allylic oxidation sites excluding steroid dienone is 3. The second kappa shape index (κ2) is 10.9. The number of Topliss-reactive ketones (excluding diaryl/α,β-unsaturated/α-hetero) is 2. The molecule has 4 aliphatic carbocycles. The summed E-state index contributed by atoms with van der Waals surface area (Å²) in [5.74, 6) is -3.72. The van der Waals surface area contributed by atoms with E-state index in [9.17, 15) is 38.1 Å². The van der Waals surface area contributed by atoms with Crippen molar-refractivity contribution in [3.63, 3.8) is 0 Å². The number of benzene rings is 1. The minimum Gasteiger partial charge on any atom is -1.00 e. The summed E-state index contributed by atoms with van der Waals surface area (Å²) in [4.78, 5) is 37.9. The van der Waals surface area contributed by atoms with Crippen molar-refractivity contribution in [3.05, 3.63) is 59.4 Å². The molecule has 9 nitrogen and oxygen atoms in total. The molecule has 7 atom stereocenters. The van der Waals surface area contributed by atoms with Gasteiger partial charge in [-0.05, 0) is 56.9 Å². The van der Waals surface area contributed by atoms with Crippen LogP contribution in [0.3, 0.4) is 0 Å². The number of carbonyl (C=O) groups excluding carboxylic acids is 3. The van der Waals surface area contributed by atoms with Gasteiger partial charge in [0.05, 0.1) is 11.5 Å². The van der Waals surface area contributed by atoms with E-state index in [0.717, 1.165) is 6.08 Å². The Morgan fingerprint density at radius 3 is 2.45 bits per heavy atom. The van der Waals surface area contributed by atoms with Crippen molar-refractivity contribution < 1.29 is 73.3 Å². The fraction of sp³-hybridized carbons (Fsp3) is 0.552. The zero-order chi connectivity index (χ0) is 28.4. The van der Waals surface area contributed by atoms with Crippen LogP contribution >= 0.6 is 0 Å². The molecule has 40 heavy (non-hydrogen) atoms. The molecule has 0 saturated heterocycles. The second-order valence-electron chi connectivity index (χ2n) is 11.9. The summed E-state index contributed by atoms with van der Waals surface area (Å²) < 4.78 is 31.8. The van der Waals surface area contributed by atoms with Crippen LogP contribution < -0.4 is 29.6 Å². The smallest absolute Gasteiger partial charge is 1.00 e. The largest absolute Gasteiger partial charge is 1.00 e. The van der Waals surface area contributed by atoms with Crippen molar-refractivity contribution in [2.75, 3.05) is 12.4 Å². The number of aliphatic hydroxyl groups is 3. The summed E-state index contributed by atoms with van der Waals surface area (Å²) in [5, 5.41) is 32.6. The third-order valence-corrected chi connectivity index (χ3v) is 11.1. The van der Waals surface area contributed by atoms with Crippen LogP contribution in [0.25, 0.3) is 0 Å². The van der Waals surface area contributed by atoms with Gasteiger partial charge in [0.25, 0.3) is 0 Å². The van der Waals surface area contributed by atoms with E-state index in [2.05, 4.69) is 0 Å². The molecular weight excluding hydrogens is 547 g/mol. The monoisotopic (exact) mass is 582 g/mol. The molecule has 1 aromatic rings. The van der Waals surface area contributed by atoms with E-state index in [4.69, 9.17) is 4.18 Å². The van der Waals surface area contributed by atoms with Gasteiger partial charge >= 0.3 is 39.7 Å². The van der Waals surface area contributed by atoms with E-state index < -0.39 is 68.3 Å². The van der Waals surface area contributed by atoms with E-state index in [0.29, 0.717) is 24.8 Å². The number of hydrogen-bond donors (Lipinski definition) is 3. The van der Waals surface area contributed by atoms with Crippen LogP contribution in [0.5, 0.6) is 0 Å². The van der Waals surface area contributed by atoms with Gasteiger partial charge in [0.1, 0.15) is 23.7 Å². The summed E-state index contributed by atoms with van der Waals surface area (Å²) in [6.07, 6.45) is 3.27. The van der Waals surface area contributed by atoms with Crippen LogP contribution in [0.2, 0.25) is 0 Å².